The van der Waals surface area contributed by atoms with E-state index >= 15 is 0 Å². The van der Waals surface area contributed by atoms with Gasteiger partial charge in [-0.1, -0.05) is 32.4 Å². The van der Waals surface area contributed by atoms with Crippen LogP contribution in [0.3, 0.4) is 0 Å². The van der Waals surface area contributed by atoms with Gasteiger partial charge in [-0.05, 0) is 37.8 Å². The normalized spacial score (nSPS) is 14.1. The Kier molecular flexibility index (Phi) is 5.29. The molecule has 0 spiro atoms. The van der Waals surface area contributed by atoms with E-state index in [9.17, 15) is 0 Å². The van der Waals surface area contributed by atoms with Crippen molar-refractivity contribution in [1.82, 2.24) is 5.32 Å². The Morgan fingerprint density at radius 3 is 2.69 bits per heavy atom. The number of halogens is 1. The van der Waals surface area contributed by atoms with Gasteiger partial charge in [0.15, 0.2) is 0 Å². The predicted octanol–water partition coefficient (Wildman–Crippen LogP) is 4.46. The maximum absolute atomic E-state index is 6.20. The van der Waals surface area contributed by atoms with Gasteiger partial charge >= 0.3 is 0 Å². The standard InChI is InChI=1S/C13H22ClNS/c1-5-7-15-10(2)9-13(3,4)12-11(14)6-8-16-12/h6,8,10,15H,5,7,9H2,1-4H3. The molecule has 16 heavy (non-hydrogen) atoms. The maximum atomic E-state index is 6.20. The van der Waals surface area contributed by atoms with E-state index < -0.39 is 0 Å². The quantitative estimate of drug-likeness (QED) is 0.796. The maximum Gasteiger partial charge on any atom is 0.0550 e. The molecule has 1 unspecified atom stereocenters. The summed E-state index contributed by atoms with van der Waals surface area (Å²) in [6.07, 6.45) is 2.30. The van der Waals surface area contributed by atoms with Gasteiger partial charge in [0.2, 0.25) is 0 Å². The van der Waals surface area contributed by atoms with Crippen LogP contribution in [0.25, 0.3) is 0 Å². The molecule has 0 aromatic carbocycles. The molecule has 1 N–H and O–H groups in total. The molecule has 1 heterocycles. The SMILES string of the molecule is CCCNC(C)CC(C)(C)c1sccc1Cl. The number of hydrogen-bond acceptors (Lipinski definition) is 2. The molecule has 0 radical (unpaired) electrons. The van der Waals surface area contributed by atoms with Gasteiger partial charge in [-0.2, -0.15) is 0 Å². The summed E-state index contributed by atoms with van der Waals surface area (Å²) in [6.45, 7) is 10.1. The van der Waals surface area contributed by atoms with Gasteiger partial charge in [0.25, 0.3) is 0 Å². The average Bonchev–Trinajstić information content (AvgIpc) is 2.61. The van der Waals surface area contributed by atoms with Crippen LogP contribution in [0.4, 0.5) is 0 Å². The first-order chi connectivity index (χ1) is 7.47. The smallest absolute Gasteiger partial charge is 0.0550 e. The fraction of sp³-hybridized carbons (Fsp3) is 0.692. The third-order valence-corrected chi connectivity index (χ3v) is 4.50. The predicted molar refractivity (Wildman–Crippen MR) is 74.7 cm³/mol. The molecule has 1 aromatic rings. The molecule has 0 saturated carbocycles. The Bertz CT molecular complexity index is 319. The third kappa shape index (κ3) is 3.76. The van der Waals surface area contributed by atoms with E-state index in [2.05, 4.69) is 38.4 Å². The van der Waals surface area contributed by atoms with Crippen molar-refractivity contribution in [2.24, 2.45) is 0 Å². The number of thiophene rings is 1. The number of rotatable bonds is 6. The van der Waals surface area contributed by atoms with Crippen LogP contribution in [0.1, 0.15) is 45.4 Å². The molecule has 0 saturated heterocycles. The zero-order valence-corrected chi connectivity index (χ0v) is 12.2. The minimum atomic E-state index is 0.158. The molecule has 0 aliphatic heterocycles. The highest BCUT2D eigenvalue weighted by Crippen LogP contribution is 2.37. The van der Waals surface area contributed by atoms with Crippen LogP contribution >= 0.6 is 22.9 Å². The van der Waals surface area contributed by atoms with Crippen LogP contribution in [0.15, 0.2) is 11.4 Å². The zero-order valence-electron chi connectivity index (χ0n) is 10.6. The van der Waals surface area contributed by atoms with E-state index in [-0.39, 0.29) is 5.41 Å². The van der Waals surface area contributed by atoms with E-state index in [0.29, 0.717) is 6.04 Å². The van der Waals surface area contributed by atoms with E-state index in [4.69, 9.17) is 11.6 Å². The monoisotopic (exact) mass is 259 g/mol. The van der Waals surface area contributed by atoms with E-state index in [1.165, 1.54) is 11.3 Å². The summed E-state index contributed by atoms with van der Waals surface area (Å²) in [6, 6.07) is 2.53. The second-order valence-corrected chi connectivity index (χ2v) is 6.36. The van der Waals surface area contributed by atoms with Crippen LogP contribution in [0.2, 0.25) is 5.02 Å². The average molecular weight is 260 g/mol. The van der Waals surface area contributed by atoms with Crippen LogP contribution < -0.4 is 5.32 Å². The Hall–Kier alpha value is -0.0500. The Morgan fingerprint density at radius 1 is 1.50 bits per heavy atom. The highest BCUT2D eigenvalue weighted by atomic mass is 35.5. The molecule has 1 rings (SSSR count). The second kappa shape index (κ2) is 6.04. The Morgan fingerprint density at radius 2 is 2.19 bits per heavy atom. The van der Waals surface area contributed by atoms with Crippen LogP contribution in [-0.4, -0.2) is 12.6 Å². The lowest BCUT2D eigenvalue weighted by Gasteiger charge is -2.28. The molecule has 1 nitrogen and oxygen atoms in total. The van der Waals surface area contributed by atoms with Crippen molar-refractivity contribution in [3.05, 3.63) is 21.3 Å². The first-order valence-corrected chi connectivity index (χ1v) is 7.20. The molecule has 3 heteroatoms. The molecule has 92 valence electrons. The van der Waals surface area contributed by atoms with Crippen molar-refractivity contribution in [2.75, 3.05) is 6.54 Å². The van der Waals surface area contributed by atoms with Crippen molar-refractivity contribution in [3.8, 4) is 0 Å². The van der Waals surface area contributed by atoms with E-state index in [1.54, 1.807) is 11.3 Å². The lowest BCUT2D eigenvalue weighted by molar-refractivity contribution is 0.395. The molecule has 0 amide bonds. The van der Waals surface area contributed by atoms with Gasteiger partial charge in [0.05, 0.1) is 5.02 Å². The summed E-state index contributed by atoms with van der Waals surface area (Å²) >= 11 is 7.96. The van der Waals surface area contributed by atoms with Crippen LogP contribution in [-0.2, 0) is 5.41 Å². The first-order valence-electron chi connectivity index (χ1n) is 5.94. The van der Waals surface area contributed by atoms with Gasteiger partial charge in [0, 0.05) is 16.3 Å². The Labute approximate surface area is 108 Å². The van der Waals surface area contributed by atoms with Crippen molar-refractivity contribution < 1.29 is 0 Å². The molecule has 1 atom stereocenters. The van der Waals surface area contributed by atoms with Crippen molar-refractivity contribution in [3.63, 3.8) is 0 Å². The second-order valence-electron chi connectivity index (χ2n) is 5.04. The summed E-state index contributed by atoms with van der Waals surface area (Å²) in [5.41, 5.74) is 0.158. The minimum Gasteiger partial charge on any atom is -0.314 e. The van der Waals surface area contributed by atoms with Crippen molar-refractivity contribution >= 4 is 22.9 Å². The van der Waals surface area contributed by atoms with E-state index in [1.807, 2.05) is 6.07 Å². The number of nitrogens with one attached hydrogen (secondary N) is 1. The third-order valence-electron chi connectivity index (χ3n) is 2.79. The Balaban J connectivity index is 2.61. The first kappa shape index (κ1) is 14.0. The fourth-order valence-electron chi connectivity index (χ4n) is 2.10. The highest BCUT2D eigenvalue weighted by molar-refractivity contribution is 7.10. The van der Waals surface area contributed by atoms with Gasteiger partial charge in [-0.15, -0.1) is 11.3 Å². The lowest BCUT2D eigenvalue weighted by Crippen LogP contribution is -2.33. The molecule has 0 bridgehead atoms. The molecule has 0 aliphatic rings. The zero-order chi connectivity index (χ0) is 12.2. The van der Waals surface area contributed by atoms with E-state index in [0.717, 1.165) is 18.0 Å². The van der Waals surface area contributed by atoms with Gasteiger partial charge in [-0.3, -0.25) is 0 Å². The highest BCUT2D eigenvalue weighted by Gasteiger charge is 2.26. The van der Waals surface area contributed by atoms with Crippen LogP contribution in [0.5, 0.6) is 0 Å². The van der Waals surface area contributed by atoms with Gasteiger partial charge < -0.3 is 5.32 Å². The topological polar surface area (TPSA) is 12.0 Å². The summed E-state index contributed by atoms with van der Waals surface area (Å²) in [7, 11) is 0. The summed E-state index contributed by atoms with van der Waals surface area (Å²) < 4.78 is 0. The number of hydrogen-bond donors (Lipinski definition) is 1. The molecular formula is C13H22ClNS. The molecular weight excluding hydrogens is 238 g/mol. The largest absolute Gasteiger partial charge is 0.314 e. The lowest BCUT2D eigenvalue weighted by atomic mass is 9.84. The van der Waals surface area contributed by atoms with Gasteiger partial charge in [-0.25, -0.2) is 0 Å². The molecule has 0 aliphatic carbocycles. The molecule has 0 fully saturated rings. The van der Waals surface area contributed by atoms with Crippen molar-refractivity contribution in [1.29, 1.82) is 0 Å². The minimum absolute atomic E-state index is 0.158. The summed E-state index contributed by atoms with van der Waals surface area (Å²) in [4.78, 5) is 1.30. The fourth-order valence-corrected chi connectivity index (χ4v) is 3.55. The summed E-state index contributed by atoms with van der Waals surface area (Å²) in [5, 5.41) is 6.52. The van der Waals surface area contributed by atoms with Crippen molar-refractivity contribution in [2.45, 2.75) is 52.0 Å². The van der Waals surface area contributed by atoms with Gasteiger partial charge in [0.1, 0.15) is 0 Å². The summed E-state index contributed by atoms with van der Waals surface area (Å²) in [5.74, 6) is 0. The van der Waals surface area contributed by atoms with Crippen LogP contribution in [0, 0.1) is 0 Å². The molecule has 1 aromatic heterocycles.